The first-order valence-electron chi connectivity index (χ1n) is 12.4. The number of hydrogen-bond donors (Lipinski definition) is 2. The lowest BCUT2D eigenvalue weighted by molar-refractivity contribution is -0.384. The minimum Gasteiger partial charge on any atom is -0.467 e. The average Bonchev–Trinajstić information content (AvgIpc) is 3.37. The summed E-state index contributed by atoms with van der Waals surface area (Å²) in [6.07, 6.45) is 2.13. The van der Waals surface area contributed by atoms with Crippen molar-refractivity contribution in [1.82, 2.24) is 10.3 Å². The quantitative estimate of drug-likeness (QED) is 0.176. The van der Waals surface area contributed by atoms with E-state index in [-0.39, 0.29) is 29.7 Å². The fourth-order valence-corrected chi connectivity index (χ4v) is 5.12. The van der Waals surface area contributed by atoms with Gasteiger partial charge in [0.05, 0.1) is 37.7 Å². The zero-order chi connectivity index (χ0) is 29.0. The number of allylic oxidation sites excluding steroid dienone is 1. The number of carbonyl (C=O) groups is 3. The van der Waals surface area contributed by atoms with Crippen LogP contribution in [-0.2, 0) is 35.0 Å². The first kappa shape index (κ1) is 28.1. The maximum atomic E-state index is 13.3. The zero-order valence-corrected chi connectivity index (χ0v) is 22.5. The molecule has 2 aromatic carbocycles. The van der Waals surface area contributed by atoms with Crippen LogP contribution < -0.4 is 5.32 Å². The Labute approximate surface area is 229 Å². The van der Waals surface area contributed by atoms with E-state index in [4.69, 9.17) is 14.2 Å². The summed E-state index contributed by atoms with van der Waals surface area (Å²) >= 11 is 0. The number of aromatic nitrogens is 1. The van der Waals surface area contributed by atoms with Crippen LogP contribution in [0.25, 0.3) is 10.9 Å². The van der Waals surface area contributed by atoms with E-state index in [9.17, 15) is 24.5 Å². The number of nitrogens with one attached hydrogen (secondary N) is 2. The fraction of sp³-hybridized carbons (Fsp3) is 0.276. The van der Waals surface area contributed by atoms with Gasteiger partial charge >= 0.3 is 17.9 Å². The lowest BCUT2D eigenvalue weighted by Crippen LogP contribution is -2.41. The zero-order valence-electron chi connectivity index (χ0n) is 22.5. The monoisotopic (exact) mass is 547 g/mol. The number of methoxy groups -OCH3 is 3. The Morgan fingerprint density at radius 2 is 1.73 bits per heavy atom. The Morgan fingerprint density at radius 1 is 1.02 bits per heavy atom. The van der Waals surface area contributed by atoms with Gasteiger partial charge < -0.3 is 24.5 Å². The van der Waals surface area contributed by atoms with Gasteiger partial charge in [-0.3, -0.25) is 10.1 Å². The van der Waals surface area contributed by atoms with Crippen LogP contribution in [0, 0.1) is 10.1 Å². The molecule has 1 aliphatic rings. The molecule has 1 heterocycles. The highest BCUT2D eigenvalue weighted by Crippen LogP contribution is 2.43. The summed E-state index contributed by atoms with van der Waals surface area (Å²) < 4.78 is 15.2. The number of aromatic amines is 1. The molecule has 0 aliphatic heterocycles. The highest BCUT2D eigenvalue weighted by Gasteiger charge is 2.40. The summed E-state index contributed by atoms with van der Waals surface area (Å²) in [7, 11) is 3.69. The molecule has 11 nitrogen and oxygen atoms in total. The lowest BCUT2D eigenvalue weighted by atomic mass is 9.76. The second kappa shape index (κ2) is 11.9. The first-order chi connectivity index (χ1) is 19.2. The van der Waals surface area contributed by atoms with Gasteiger partial charge in [-0.15, -0.1) is 0 Å². The molecule has 0 saturated heterocycles. The molecule has 4 rings (SSSR count). The summed E-state index contributed by atoms with van der Waals surface area (Å²) in [4.78, 5) is 53.4. The van der Waals surface area contributed by atoms with Crippen LogP contribution in [0.2, 0.25) is 0 Å². The molecule has 1 aliphatic carbocycles. The largest absolute Gasteiger partial charge is 0.467 e. The average molecular weight is 548 g/mol. The maximum Gasteiger partial charge on any atom is 0.336 e. The second-order valence-corrected chi connectivity index (χ2v) is 9.31. The molecule has 1 aromatic heterocycles. The van der Waals surface area contributed by atoms with Crippen LogP contribution in [0.15, 0.2) is 77.1 Å². The SMILES string of the molecule is COC(=O)C1=C(C)CC(N[C@@H](Cc2c[nH]c3ccccc23)C(=O)OC)=C(C(=O)OC)[C@@H]1c1cccc([N+](=O)[O-])c1. The summed E-state index contributed by atoms with van der Waals surface area (Å²) in [5, 5.41) is 15.7. The van der Waals surface area contributed by atoms with Crippen molar-refractivity contribution in [3.8, 4) is 0 Å². The second-order valence-electron chi connectivity index (χ2n) is 9.31. The molecular formula is C29H29N3O8. The minimum atomic E-state index is -1.05. The lowest BCUT2D eigenvalue weighted by Gasteiger charge is -2.32. The molecule has 3 aromatic rings. The van der Waals surface area contributed by atoms with E-state index in [1.54, 1.807) is 13.0 Å². The van der Waals surface area contributed by atoms with Crippen molar-refractivity contribution >= 4 is 34.5 Å². The molecule has 11 heteroatoms. The number of H-pyrrole nitrogens is 1. The Balaban J connectivity index is 1.86. The summed E-state index contributed by atoms with van der Waals surface area (Å²) in [6.45, 7) is 1.71. The van der Waals surface area contributed by atoms with Gasteiger partial charge in [-0.1, -0.05) is 35.9 Å². The molecule has 208 valence electrons. The van der Waals surface area contributed by atoms with Gasteiger partial charge in [0.2, 0.25) is 0 Å². The minimum absolute atomic E-state index is 0.0434. The predicted molar refractivity (Wildman–Crippen MR) is 145 cm³/mol. The number of nitro groups is 1. The third-order valence-corrected chi connectivity index (χ3v) is 6.96. The molecule has 0 saturated carbocycles. The third-order valence-electron chi connectivity index (χ3n) is 6.96. The first-order valence-corrected chi connectivity index (χ1v) is 12.4. The molecule has 0 bridgehead atoms. The summed E-state index contributed by atoms with van der Waals surface area (Å²) in [5.74, 6) is -3.06. The fourth-order valence-electron chi connectivity index (χ4n) is 5.12. The van der Waals surface area contributed by atoms with Crippen molar-refractivity contribution in [3.63, 3.8) is 0 Å². The van der Waals surface area contributed by atoms with Gasteiger partial charge in [0.1, 0.15) is 6.04 Å². The Hall–Kier alpha value is -4.93. The molecule has 0 unspecified atom stereocenters. The van der Waals surface area contributed by atoms with E-state index in [1.807, 2.05) is 30.5 Å². The molecule has 0 spiro atoms. The number of rotatable bonds is 9. The van der Waals surface area contributed by atoms with E-state index >= 15 is 0 Å². The predicted octanol–water partition coefficient (Wildman–Crippen LogP) is 3.85. The van der Waals surface area contributed by atoms with Crippen LogP contribution in [0.3, 0.4) is 0 Å². The number of nitrogens with zero attached hydrogens (tertiary/aromatic N) is 1. The number of hydrogen-bond acceptors (Lipinski definition) is 9. The molecule has 0 amide bonds. The highest BCUT2D eigenvalue weighted by molar-refractivity contribution is 6.00. The standard InChI is InChI=1S/C29H29N3O8/c1-16-12-22(31-23(27(33)38-2)14-18-15-30-21-11-6-5-10-20(18)21)26(29(35)40-4)25(24(16)28(34)39-3)17-8-7-9-19(13-17)32(36)37/h5-11,13,15,23,25,30-31H,12,14H2,1-4H3/t23-,25+/m0/s1. The van der Waals surface area contributed by atoms with Crippen molar-refractivity contribution in [2.24, 2.45) is 0 Å². The van der Waals surface area contributed by atoms with E-state index in [0.29, 0.717) is 16.8 Å². The number of carbonyl (C=O) groups excluding carboxylic acids is 3. The van der Waals surface area contributed by atoms with Crippen molar-refractivity contribution in [2.75, 3.05) is 21.3 Å². The molecule has 0 fully saturated rings. The van der Waals surface area contributed by atoms with Gasteiger partial charge in [-0.25, -0.2) is 14.4 Å². The van der Waals surface area contributed by atoms with Gasteiger partial charge in [0.15, 0.2) is 0 Å². The number of fused-ring (bicyclic) bond motifs is 1. The Morgan fingerprint density at radius 3 is 2.40 bits per heavy atom. The molecular weight excluding hydrogens is 518 g/mol. The van der Waals surface area contributed by atoms with Crippen LogP contribution in [0.4, 0.5) is 5.69 Å². The Bertz CT molecular complexity index is 1550. The number of ether oxygens (including phenoxy) is 3. The summed E-state index contributed by atoms with van der Waals surface area (Å²) in [5.41, 5.74) is 2.97. The van der Waals surface area contributed by atoms with Crippen molar-refractivity contribution in [2.45, 2.75) is 31.7 Å². The highest BCUT2D eigenvalue weighted by atomic mass is 16.6. The van der Waals surface area contributed by atoms with Crippen molar-refractivity contribution < 1.29 is 33.5 Å². The topological polar surface area (TPSA) is 150 Å². The van der Waals surface area contributed by atoms with Gasteiger partial charge in [0.25, 0.3) is 5.69 Å². The molecule has 2 N–H and O–H groups in total. The smallest absolute Gasteiger partial charge is 0.336 e. The van der Waals surface area contributed by atoms with E-state index in [0.717, 1.165) is 16.5 Å². The van der Waals surface area contributed by atoms with Crippen LogP contribution in [-0.4, -0.2) is 55.2 Å². The molecule has 40 heavy (non-hydrogen) atoms. The Kier molecular flexibility index (Phi) is 8.32. The van der Waals surface area contributed by atoms with Crippen molar-refractivity contribution in [1.29, 1.82) is 0 Å². The number of non-ortho nitro benzene ring substituents is 1. The van der Waals surface area contributed by atoms with Crippen LogP contribution in [0.1, 0.15) is 30.4 Å². The van der Waals surface area contributed by atoms with Crippen LogP contribution >= 0.6 is 0 Å². The summed E-state index contributed by atoms with van der Waals surface area (Å²) in [6, 6.07) is 12.4. The van der Waals surface area contributed by atoms with E-state index < -0.39 is 34.8 Å². The van der Waals surface area contributed by atoms with Crippen molar-refractivity contribution in [3.05, 3.63) is 98.4 Å². The number of para-hydroxylation sites is 1. The normalized spacial score (nSPS) is 15.9. The third kappa shape index (κ3) is 5.44. The molecule has 2 atom stereocenters. The van der Waals surface area contributed by atoms with E-state index in [2.05, 4.69) is 10.3 Å². The number of nitro benzene ring substituents is 1. The van der Waals surface area contributed by atoms with Crippen LogP contribution in [0.5, 0.6) is 0 Å². The van der Waals surface area contributed by atoms with E-state index in [1.165, 1.54) is 39.5 Å². The van der Waals surface area contributed by atoms with Gasteiger partial charge in [-0.05, 0) is 24.1 Å². The maximum absolute atomic E-state index is 13.3. The van der Waals surface area contributed by atoms with Gasteiger partial charge in [-0.2, -0.15) is 0 Å². The number of esters is 3. The molecule has 0 radical (unpaired) electrons. The number of benzene rings is 2. The van der Waals surface area contributed by atoms with Gasteiger partial charge in [0, 0.05) is 53.3 Å².